The van der Waals surface area contributed by atoms with Crippen molar-refractivity contribution in [2.75, 3.05) is 44.2 Å². The molecule has 0 unspecified atom stereocenters. The van der Waals surface area contributed by atoms with Crippen LogP contribution >= 0.6 is 0 Å². The van der Waals surface area contributed by atoms with E-state index in [0.29, 0.717) is 12.1 Å². The topological polar surface area (TPSA) is 53.1 Å². The first kappa shape index (κ1) is 18.5. The minimum Gasteiger partial charge on any atom is -0.482 e. The normalized spacial score (nSPS) is 17.2. The van der Waals surface area contributed by atoms with Crippen molar-refractivity contribution >= 4 is 17.5 Å². The van der Waals surface area contributed by atoms with Crippen molar-refractivity contribution < 1.29 is 14.3 Å². The summed E-state index contributed by atoms with van der Waals surface area (Å²) in [6, 6.07) is 15.1. The fourth-order valence-electron chi connectivity index (χ4n) is 3.71. The number of hydrogen-bond acceptors (Lipinski definition) is 4. The summed E-state index contributed by atoms with van der Waals surface area (Å²) in [5.74, 6) is 0.739. The van der Waals surface area contributed by atoms with E-state index in [4.69, 9.17) is 4.74 Å². The molecular formula is C22H25N3O3. The molecule has 0 atom stereocenters. The molecule has 0 radical (unpaired) electrons. The van der Waals surface area contributed by atoms with Crippen LogP contribution in [0.5, 0.6) is 5.75 Å². The molecule has 2 aliphatic rings. The highest BCUT2D eigenvalue weighted by atomic mass is 16.5. The van der Waals surface area contributed by atoms with Gasteiger partial charge in [0.15, 0.2) is 6.61 Å². The highest BCUT2D eigenvalue weighted by molar-refractivity contribution is 5.98. The van der Waals surface area contributed by atoms with Gasteiger partial charge in [-0.1, -0.05) is 31.2 Å². The first-order valence-corrected chi connectivity index (χ1v) is 9.78. The average Bonchev–Trinajstić information content (AvgIpc) is 2.76. The molecule has 0 saturated carbocycles. The van der Waals surface area contributed by atoms with Crippen molar-refractivity contribution in [3.05, 3.63) is 59.7 Å². The predicted molar refractivity (Wildman–Crippen MR) is 108 cm³/mol. The Hall–Kier alpha value is -2.86. The summed E-state index contributed by atoms with van der Waals surface area (Å²) in [5, 5.41) is 0. The molecule has 2 aromatic carbocycles. The van der Waals surface area contributed by atoms with E-state index in [-0.39, 0.29) is 18.4 Å². The predicted octanol–water partition coefficient (Wildman–Crippen LogP) is 2.39. The van der Waals surface area contributed by atoms with E-state index in [0.717, 1.165) is 49.7 Å². The van der Waals surface area contributed by atoms with Gasteiger partial charge in [-0.05, 0) is 36.4 Å². The van der Waals surface area contributed by atoms with Crippen molar-refractivity contribution in [1.29, 1.82) is 0 Å². The summed E-state index contributed by atoms with van der Waals surface area (Å²) in [6.07, 6.45) is 0. The first-order chi connectivity index (χ1) is 13.7. The van der Waals surface area contributed by atoms with Crippen LogP contribution in [0.2, 0.25) is 0 Å². The SMILES string of the molecule is CCN1CCN(C(=O)c2ccc(CN3C(=O)COc4ccccc43)cc2)CC1. The van der Waals surface area contributed by atoms with Gasteiger partial charge >= 0.3 is 0 Å². The van der Waals surface area contributed by atoms with E-state index >= 15 is 0 Å². The van der Waals surface area contributed by atoms with Crippen molar-refractivity contribution in [3.8, 4) is 5.75 Å². The largest absolute Gasteiger partial charge is 0.482 e. The second-order valence-electron chi connectivity index (χ2n) is 7.16. The minimum absolute atomic E-state index is 0.0529. The van der Waals surface area contributed by atoms with Crippen molar-refractivity contribution in [1.82, 2.24) is 9.80 Å². The van der Waals surface area contributed by atoms with Crippen LogP contribution < -0.4 is 9.64 Å². The number of amides is 2. The number of piperazine rings is 1. The first-order valence-electron chi connectivity index (χ1n) is 9.78. The van der Waals surface area contributed by atoms with Crippen LogP contribution in [0.25, 0.3) is 0 Å². The molecule has 4 rings (SSSR count). The monoisotopic (exact) mass is 379 g/mol. The summed E-state index contributed by atoms with van der Waals surface area (Å²) in [5.41, 5.74) is 2.47. The molecule has 0 bridgehead atoms. The summed E-state index contributed by atoms with van der Waals surface area (Å²) >= 11 is 0. The van der Waals surface area contributed by atoms with Gasteiger partial charge in [-0.3, -0.25) is 9.59 Å². The summed E-state index contributed by atoms with van der Waals surface area (Å²) < 4.78 is 5.49. The molecule has 146 valence electrons. The van der Waals surface area contributed by atoms with Gasteiger partial charge in [-0.25, -0.2) is 0 Å². The Bertz CT molecular complexity index is 858. The van der Waals surface area contributed by atoms with Crippen molar-refractivity contribution in [3.63, 3.8) is 0 Å². The van der Waals surface area contributed by atoms with Crippen LogP contribution in [0.4, 0.5) is 5.69 Å². The van der Waals surface area contributed by atoms with Crippen LogP contribution in [0.1, 0.15) is 22.8 Å². The molecule has 2 aliphatic heterocycles. The lowest BCUT2D eigenvalue weighted by molar-refractivity contribution is -0.121. The average molecular weight is 379 g/mol. The Morgan fingerprint density at radius 3 is 2.43 bits per heavy atom. The number of rotatable bonds is 4. The number of carbonyl (C=O) groups is 2. The van der Waals surface area contributed by atoms with Crippen molar-refractivity contribution in [2.45, 2.75) is 13.5 Å². The molecule has 0 spiro atoms. The third kappa shape index (κ3) is 3.73. The summed E-state index contributed by atoms with van der Waals surface area (Å²) in [4.78, 5) is 31.1. The number of anilines is 1. The fourth-order valence-corrected chi connectivity index (χ4v) is 3.71. The number of carbonyl (C=O) groups excluding carboxylic acids is 2. The maximum atomic E-state index is 12.7. The maximum Gasteiger partial charge on any atom is 0.265 e. The molecule has 1 saturated heterocycles. The Morgan fingerprint density at radius 2 is 1.71 bits per heavy atom. The molecule has 2 aromatic rings. The molecule has 2 heterocycles. The number of para-hydroxylation sites is 2. The van der Waals surface area contributed by atoms with Gasteiger partial charge < -0.3 is 19.4 Å². The van der Waals surface area contributed by atoms with E-state index in [1.807, 2.05) is 53.4 Å². The van der Waals surface area contributed by atoms with Crippen molar-refractivity contribution in [2.24, 2.45) is 0 Å². The lowest BCUT2D eigenvalue weighted by Crippen LogP contribution is -2.48. The third-order valence-corrected chi connectivity index (χ3v) is 5.46. The second-order valence-corrected chi connectivity index (χ2v) is 7.16. The van der Waals surface area contributed by atoms with Gasteiger partial charge in [-0.15, -0.1) is 0 Å². The number of benzene rings is 2. The van der Waals surface area contributed by atoms with E-state index in [2.05, 4.69) is 11.8 Å². The zero-order valence-corrected chi connectivity index (χ0v) is 16.1. The minimum atomic E-state index is -0.0624. The quantitative estimate of drug-likeness (QED) is 0.819. The summed E-state index contributed by atoms with van der Waals surface area (Å²) in [7, 11) is 0. The Kier molecular flexibility index (Phi) is 5.30. The highest BCUT2D eigenvalue weighted by Gasteiger charge is 2.25. The van der Waals surface area contributed by atoms with Gasteiger partial charge in [0.1, 0.15) is 5.75 Å². The smallest absolute Gasteiger partial charge is 0.265 e. The second kappa shape index (κ2) is 8.02. The molecule has 6 nitrogen and oxygen atoms in total. The molecule has 0 aromatic heterocycles. The molecule has 2 amide bonds. The third-order valence-electron chi connectivity index (χ3n) is 5.46. The van der Waals surface area contributed by atoms with Gasteiger partial charge in [0.05, 0.1) is 12.2 Å². The molecule has 28 heavy (non-hydrogen) atoms. The maximum absolute atomic E-state index is 12.7. The number of nitrogens with zero attached hydrogens (tertiary/aromatic N) is 3. The van der Waals surface area contributed by atoms with Crippen LogP contribution in [0.15, 0.2) is 48.5 Å². The summed E-state index contributed by atoms with van der Waals surface area (Å²) in [6.45, 7) is 7.09. The van der Waals surface area contributed by atoms with Gasteiger partial charge in [0.2, 0.25) is 0 Å². The Morgan fingerprint density at radius 1 is 1.00 bits per heavy atom. The van der Waals surface area contributed by atoms with Crippen LogP contribution in [-0.4, -0.2) is 60.9 Å². The zero-order chi connectivity index (χ0) is 19.5. The van der Waals surface area contributed by atoms with E-state index in [1.165, 1.54) is 0 Å². The number of hydrogen-bond donors (Lipinski definition) is 0. The van der Waals surface area contributed by atoms with Crippen LogP contribution in [-0.2, 0) is 11.3 Å². The van der Waals surface area contributed by atoms with Crippen LogP contribution in [0, 0.1) is 0 Å². The Labute approximate surface area is 165 Å². The lowest BCUT2D eigenvalue weighted by Gasteiger charge is -2.34. The van der Waals surface area contributed by atoms with E-state index < -0.39 is 0 Å². The van der Waals surface area contributed by atoms with E-state index in [1.54, 1.807) is 4.90 Å². The van der Waals surface area contributed by atoms with Crippen LogP contribution in [0.3, 0.4) is 0 Å². The van der Waals surface area contributed by atoms with Gasteiger partial charge in [-0.2, -0.15) is 0 Å². The zero-order valence-electron chi connectivity index (χ0n) is 16.1. The van der Waals surface area contributed by atoms with Gasteiger partial charge in [0.25, 0.3) is 11.8 Å². The molecule has 0 N–H and O–H groups in total. The van der Waals surface area contributed by atoms with Gasteiger partial charge in [0, 0.05) is 31.7 Å². The molecule has 0 aliphatic carbocycles. The molecular weight excluding hydrogens is 354 g/mol. The highest BCUT2D eigenvalue weighted by Crippen LogP contribution is 2.32. The number of likely N-dealkylation sites (N-methyl/N-ethyl adjacent to an activating group) is 1. The fraction of sp³-hybridized carbons (Fsp3) is 0.364. The number of ether oxygens (including phenoxy) is 1. The lowest BCUT2D eigenvalue weighted by atomic mass is 10.1. The Balaban J connectivity index is 1.44. The molecule has 1 fully saturated rings. The van der Waals surface area contributed by atoms with E-state index in [9.17, 15) is 9.59 Å². The standard InChI is InChI=1S/C22H25N3O3/c1-2-23-11-13-24(14-12-23)22(27)18-9-7-17(8-10-18)15-25-19-5-3-4-6-20(19)28-16-21(25)26/h3-10H,2,11-16H2,1H3. The number of fused-ring (bicyclic) bond motifs is 1. The molecule has 6 heteroatoms.